The number of hydrogen-bond donors (Lipinski definition) is 3. The fourth-order valence-electron chi connectivity index (χ4n) is 3.21. The lowest BCUT2D eigenvalue weighted by Gasteiger charge is -2.11. The zero-order valence-electron chi connectivity index (χ0n) is 18.2. The van der Waals surface area contributed by atoms with E-state index in [4.69, 9.17) is 4.74 Å². The van der Waals surface area contributed by atoms with Gasteiger partial charge in [-0.2, -0.15) is 0 Å². The number of para-hydroxylation sites is 1. The Hall–Kier alpha value is -4.18. The molecule has 1 aliphatic heterocycles. The van der Waals surface area contributed by atoms with Gasteiger partial charge in [-0.25, -0.2) is 8.42 Å². The number of hydrazine groups is 1. The monoisotopic (exact) mass is 478 g/mol. The van der Waals surface area contributed by atoms with E-state index < -0.39 is 27.9 Å². The molecule has 2 amide bonds. The number of ether oxygens (including phenoxy) is 1. The molecule has 1 aliphatic rings. The molecule has 0 saturated carbocycles. The molecule has 9 nitrogen and oxygen atoms in total. The van der Waals surface area contributed by atoms with Crippen LogP contribution >= 0.6 is 0 Å². The molecule has 34 heavy (non-hydrogen) atoms. The van der Waals surface area contributed by atoms with Crippen LogP contribution in [-0.2, 0) is 21.4 Å². The molecule has 3 N–H and O–H groups in total. The normalized spacial score (nSPS) is 15.6. The van der Waals surface area contributed by atoms with Crippen molar-refractivity contribution in [1.82, 2.24) is 15.6 Å². The number of sulfonamides is 1. The Morgan fingerprint density at radius 1 is 0.941 bits per heavy atom. The van der Waals surface area contributed by atoms with Crippen LogP contribution in [0, 0.1) is 0 Å². The third-order valence-electron chi connectivity index (χ3n) is 5.03. The maximum Gasteiger partial charge on any atom is 0.269 e. The summed E-state index contributed by atoms with van der Waals surface area (Å²) in [5, 5.41) is 0. The van der Waals surface area contributed by atoms with Crippen molar-refractivity contribution < 1.29 is 22.7 Å². The lowest BCUT2D eigenvalue weighted by molar-refractivity contribution is -0.122. The third kappa shape index (κ3) is 5.24. The van der Waals surface area contributed by atoms with Crippen molar-refractivity contribution in [2.45, 2.75) is 24.5 Å². The number of aliphatic imine (C=N–C) groups is 1. The third-order valence-corrected chi connectivity index (χ3v) is 6.43. The van der Waals surface area contributed by atoms with Gasteiger partial charge in [0.1, 0.15) is 24.2 Å². The predicted octanol–water partition coefficient (Wildman–Crippen LogP) is 2.15. The SMILES string of the molecule is C[C@@H](N=C1NS(=O)(=O)c2ccccc21)C(=O)NNC(=O)c1ccc(COc2ccccc2)cc1. The van der Waals surface area contributed by atoms with Crippen molar-refractivity contribution in [2.24, 2.45) is 4.99 Å². The first kappa shape index (κ1) is 23.0. The van der Waals surface area contributed by atoms with Crippen molar-refractivity contribution in [3.63, 3.8) is 0 Å². The van der Waals surface area contributed by atoms with Crippen molar-refractivity contribution in [3.8, 4) is 5.75 Å². The fourth-order valence-corrected chi connectivity index (χ4v) is 4.45. The highest BCUT2D eigenvalue weighted by Gasteiger charge is 2.31. The van der Waals surface area contributed by atoms with Gasteiger partial charge in [0.05, 0.1) is 4.90 Å². The molecule has 10 heteroatoms. The first-order chi connectivity index (χ1) is 16.3. The summed E-state index contributed by atoms with van der Waals surface area (Å²) in [5.74, 6) is -0.274. The van der Waals surface area contributed by atoms with Crippen LogP contribution in [0.25, 0.3) is 0 Å². The lowest BCUT2D eigenvalue weighted by Crippen LogP contribution is -2.45. The highest BCUT2D eigenvalue weighted by atomic mass is 32.2. The molecule has 3 aromatic rings. The largest absolute Gasteiger partial charge is 0.489 e. The highest BCUT2D eigenvalue weighted by Crippen LogP contribution is 2.22. The maximum atomic E-state index is 12.4. The van der Waals surface area contributed by atoms with Crippen LogP contribution in [0.15, 0.2) is 88.8 Å². The Bertz CT molecular complexity index is 1340. The van der Waals surface area contributed by atoms with Gasteiger partial charge in [-0.15, -0.1) is 0 Å². The molecule has 0 saturated heterocycles. The molecule has 0 fully saturated rings. The molecule has 0 unspecified atom stereocenters. The van der Waals surface area contributed by atoms with Crippen molar-refractivity contribution in [2.75, 3.05) is 0 Å². The average molecular weight is 479 g/mol. The van der Waals surface area contributed by atoms with Crippen LogP contribution in [0.4, 0.5) is 0 Å². The molecule has 3 aromatic carbocycles. The summed E-state index contributed by atoms with van der Waals surface area (Å²) in [6, 6.07) is 21.6. The Balaban J connectivity index is 1.31. The smallest absolute Gasteiger partial charge is 0.269 e. The van der Waals surface area contributed by atoms with Crippen LogP contribution in [0.3, 0.4) is 0 Å². The molecule has 174 valence electrons. The van der Waals surface area contributed by atoms with E-state index in [1.165, 1.54) is 13.0 Å². The number of amidine groups is 1. The predicted molar refractivity (Wildman–Crippen MR) is 126 cm³/mol. The Morgan fingerprint density at radius 2 is 1.62 bits per heavy atom. The van der Waals surface area contributed by atoms with Crippen molar-refractivity contribution >= 4 is 27.7 Å². The number of fused-ring (bicyclic) bond motifs is 1. The minimum absolute atomic E-state index is 0.0814. The van der Waals surface area contributed by atoms with Gasteiger partial charge in [0.2, 0.25) is 0 Å². The number of benzene rings is 3. The lowest BCUT2D eigenvalue weighted by atomic mass is 10.1. The summed E-state index contributed by atoms with van der Waals surface area (Å²) in [7, 11) is -3.70. The number of rotatable bonds is 6. The number of carbonyl (C=O) groups is 2. The van der Waals surface area contributed by atoms with Gasteiger partial charge in [0.25, 0.3) is 21.8 Å². The number of nitrogens with one attached hydrogen (secondary N) is 3. The van der Waals surface area contributed by atoms with Gasteiger partial charge in [0, 0.05) is 11.1 Å². The Kier molecular flexibility index (Phi) is 6.60. The van der Waals surface area contributed by atoms with E-state index in [2.05, 4.69) is 20.6 Å². The minimum atomic E-state index is -3.70. The number of amides is 2. The van der Waals surface area contributed by atoms with Gasteiger partial charge in [-0.3, -0.25) is 30.2 Å². The summed E-state index contributed by atoms with van der Waals surface area (Å²) >= 11 is 0. The van der Waals surface area contributed by atoms with Gasteiger partial charge in [-0.1, -0.05) is 42.5 Å². The zero-order valence-corrected chi connectivity index (χ0v) is 19.0. The number of carbonyl (C=O) groups excluding carboxylic acids is 2. The molecule has 1 atom stereocenters. The summed E-state index contributed by atoms with van der Waals surface area (Å²) in [6.45, 7) is 1.85. The topological polar surface area (TPSA) is 126 Å². The van der Waals surface area contributed by atoms with Crippen LogP contribution in [-0.4, -0.2) is 32.1 Å². The van der Waals surface area contributed by atoms with Gasteiger partial charge in [-0.05, 0) is 48.9 Å². The van der Waals surface area contributed by atoms with E-state index in [1.807, 2.05) is 30.3 Å². The van der Waals surface area contributed by atoms with E-state index in [0.717, 1.165) is 11.3 Å². The number of nitrogens with zero attached hydrogens (tertiary/aromatic N) is 1. The summed E-state index contributed by atoms with van der Waals surface area (Å²) in [4.78, 5) is 29.0. The van der Waals surface area contributed by atoms with Crippen LogP contribution in [0.1, 0.15) is 28.4 Å². The quantitative estimate of drug-likeness (QED) is 0.468. The zero-order chi connectivity index (χ0) is 24.1. The van der Waals surface area contributed by atoms with Crippen LogP contribution < -0.4 is 20.3 Å². The molecule has 4 rings (SSSR count). The van der Waals surface area contributed by atoms with E-state index in [-0.39, 0.29) is 10.7 Å². The maximum absolute atomic E-state index is 12.4. The molecule has 0 radical (unpaired) electrons. The number of hydrogen-bond acceptors (Lipinski definition) is 6. The molecule has 0 aromatic heterocycles. The van der Waals surface area contributed by atoms with Gasteiger partial charge >= 0.3 is 0 Å². The standard InChI is InChI=1S/C24H22N4O5S/c1-16(25-22-20-9-5-6-10-21(20)34(31,32)28-22)23(29)26-27-24(30)18-13-11-17(12-14-18)15-33-19-7-3-2-4-8-19/h2-14,16H,15H2,1H3,(H,25,28)(H,26,29)(H,27,30)/t16-/m1/s1. The van der Waals surface area contributed by atoms with Crippen LogP contribution in [0.2, 0.25) is 0 Å². The highest BCUT2D eigenvalue weighted by molar-refractivity contribution is 7.90. The average Bonchev–Trinajstić information content (AvgIpc) is 3.11. The molecule has 0 spiro atoms. The first-order valence-corrected chi connectivity index (χ1v) is 11.9. The van der Waals surface area contributed by atoms with Crippen LogP contribution in [0.5, 0.6) is 5.75 Å². The second-order valence-corrected chi connectivity index (χ2v) is 9.15. The molecular weight excluding hydrogens is 456 g/mol. The molecular formula is C24H22N4O5S. The van der Waals surface area contributed by atoms with Gasteiger partial charge in [0.15, 0.2) is 0 Å². The first-order valence-electron chi connectivity index (χ1n) is 10.4. The van der Waals surface area contributed by atoms with Crippen molar-refractivity contribution in [1.29, 1.82) is 0 Å². The van der Waals surface area contributed by atoms with E-state index in [9.17, 15) is 18.0 Å². The molecule has 1 heterocycles. The van der Waals surface area contributed by atoms with Gasteiger partial charge < -0.3 is 4.74 Å². The second kappa shape index (κ2) is 9.75. The van der Waals surface area contributed by atoms with Crippen molar-refractivity contribution in [3.05, 3.63) is 95.6 Å². The summed E-state index contributed by atoms with van der Waals surface area (Å²) in [5.41, 5.74) is 6.27. The van der Waals surface area contributed by atoms with E-state index in [0.29, 0.717) is 17.7 Å². The molecule has 0 aliphatic carbocycles. The molecule has 0 bridgehead atoms. The summed E-state index contributed by atoms with van der Waals surface area (Å²) < 4.78 is 32.4. The minimum Gasteiger partial charge on any atom is -0.489 e. The van der Waals surface area contributed by atoms with E-state index >= 15 is 0 Å². The Labute approximate surface area is 196 Å². The Morgan fingerprint density at radius 3 is 2.35 bits per heavy atom. The van der Waals surface area contributed by atoms with E-state index in [1.54, 1.807) is 42.5 Å². The fraction of sp³-hybridized carbons (Fsp3) is 0.125. The second-order valence-electron chi connectivity index (χ2n) is 7.50. The summed E-state index contributed by atoms with van der Waals surface area (Å²) in [6.07, 6.45) is 0.